The summed E-state index contributed by atoms with van der Waals surface area (Å²) >= 11 is 0. The molecule has 0 saturated carbocycles. The van der Waals surface area contributed by atoms with Gasteiger partial charge in [0.2, 0.25) is 11.6 Å². The van der Waals surface area contributed by atoms with Crippen molar-refractivity contribution in [2.75, 3.05) is 39.6 Å². The molecule has 0 saturated heterocycles. The number of hydrogen-bond donors (Lipinski definition) is 0. The van der Waals surface area contributed by atoms with Crippen LogP contribution < -0.4 is 18.9 Å². The van der Waals surface area contributed by atoms with Crippen LogP contribution in [-0.2, 0) is 9.47 Å². The van der Waals surface area contributed by atoms with Crippen LogP contribution in [0.2, 0.25) is 0 Å². The van der Waals surface area contributed by atoms with Crippen LogP contribution in [-0.4, -0.2) is 51.2 Å². The van der Waals surface area contributed by atoms with Crippen molar-refractivity contribution >= 4 is 56.0 Å². The van der Waals surface area contributed by atoms with Gasteiger partial charge in [-0.25, -0.2) is 0 Å². The van der Waals surface area contributed by atoms with E-state index in [1.807, 2.05) is 24.3 Å². The van der Waals surface area contributed by atoms with Gasteiger partial charge in [-0.1, -0.05) is 119 Å². The van der Waals surface area contributed by atoms with E-state index in [2.05, 4.69) is 53.7 Å². The average Bonchev–Trinajstić information content (AvgIpc) is 3.28. The minimum absolute atomic E-state index is 0.200. The molecule has 0 aromatic heterocycles. The third-order valence-corrected chi connectivity index (χ3v) is 12.1. The number of benzene rings is 4. The number of hydrogen-bond acceptors (Lipinski definition) is 8. The Kier molecular flexibility index (Phi) is 17.8. The fourth-order valence-electron chi connectivity index (χ4n) is 8.59. The molecule has 336 valence electrons. The Morgan fingerprint density at radius 3 is 0.871 bits per heavy atom. The fourth-order valence-corrected chi connectivity index (χ4v) is 8.59. The zero-order valence-electron chi connectivity index (χ0n) is 38.7. The number of ether oxygens (including phenoxy) is 6. The van der Waals surface area contributed by atoms with E-state index in [0.717, 1.165) is 148 Å². The van der Waals surface area contributed by atoms with E-state index in [4.69, 9.17) is 28.4 Å². The van der Waals surface area contributed by atoms with Gasteiger partial charge in [0.15, 0.2) is 34.5 Å². The number of allylic oxidation sites excluding steroid dienone is 2. The maximum atomic E-state index is 15.1. The van der Waals surface area contributed by atoms with Gasteiger partial charge in [-0.05, 0) is 108 Å². The molecule has 0 bridgehead atoms. The van der Waals surface area contributed by atoms with E-state index < -0.39 is 0 Å². The molecular weight excluding hydrogens is 777 g/mol. The third-order valence-electron chi connectivity index (χ3n) is 12.1. The highest BCUT2D eigenvalue weighted by Crippen LogP contribution is 2.51. The molecule has 2 aliphatic carbocycles. The van der Waals surface area contributed by atoms with Crippen LogP contribution >= 0.6 is 0 Å². The van der Waals surface area contributed by atoms with Gasteiger partial charge in [0.1, 0.15) is 0 Å². The highest BCUT2D eigenvalue weighted by molar-refractivity contribution is 6.39. The van der Waals surface area contributed by atoms with Crippen molar-refractivity contribution in [3.63, 3.8) is 0 Å². The minimum Gasteiger partial charge on any atom is -0.490 e. The topological polar surface area (TPSA) is 89.5 Å². The Morgan fingerprint density at radius 1 is 0.339 bits per heavy atom. The maximum absolute atomic E-state index is 15.1. The van der Waals surface area contributed by atoms with Crippen molar-refractivity contribution in [3.8, 4) is 23.0 Å². The van der Waals surface area contributed by atoms with E-state index in [-0.39, 0.29) is 11.6 Å². The summed E-state index contributed by atoms with van der Waals surface area (Å²) in [6.07, 6.45) is 21.8. The average molecular weight is 849 g/mol. The quantitative estimate of drug-likeness (QED) is 0.0379. The number of carbonyl (C=O) groups is 2. The van der Waals surface area contributed by atoms with Crippen molar-refractivity contribution in [1.29, 1.82) is 0 Å². The number of Topliss-reactive ketones (excluding diaryl/α,β-unsaturated/α-hetero) is 2. The Morgan fingerprint density at radius 2 is 0.597 bits per heavy atom. The Balaban J connectivity index is 1.70. The molecule has 8 heteroatoms. The van der Waals surface area contributed by atoms with Crippen molar-refractivity contribution in [1.82, 2.24) is 0 Å². The van der Waals surface area contributed by atoms with Crippen molar-refractivity contribution in [2.45, 2.75) is 157 Å². The molecule has 62 heavy (non-hydrogen) atoms. The van der Waals surface area contributed by atoms with Gasteiger partial charge < -0.3 is 28.4 Å². The van der Waals surface area contributed by atoms with Crippen LogP contribution in [0.5, 0.6) is 23.0 Å². The van der Waals surface area contributed by atoms with Gasteiger partial charge in [0.05, 0.1) is 39.6 Å². The maximum Gasteiger partial charge on any atom is 0.228 e. The number of rotatable bonds is 30. The largest absolute Gasteiger partial charge is 0.490 e. The zero-order chi connectivity index (χ0) is 43.8. The van der Waals surface area contributed by atoms with Crippen molar-refractivity contribution in [3.05, 3.63) is 58.0 Å². The van der Waals surface area contributed by atoms with E-state index >= 15 is 9.59 Å². The number of carbonyl (C=O) groups excluding carboxylic acids is 2. The summed E-state index contributed by atoms with van der Waals surface area (Å²) < 4.78 is 39.0. The zero-order valence-corrected chi connectivity index (χ0v) is 38.7. The van der Waals surface area contributed by atoms with E-state index in [1.54, 1.807) is 0 Å². The summed E-state index contributed by atoms with van der Waals surface area (Å²) in [5, 5.41) is 4.55. The molecular formula is C54H72O8. The van der Waals surface area contributed by atoms with Gasteiger partial charge in [-0.15, -0.1) is 0 Å². The van der Waals surface area contributed by atoms with E-state index in [9.17, 15) is 0 Å². The summed E-state index contributed by atoms with van der Waals surface area (Å²) in [6, 6.07) is 8.04. The first-order valence-electron chi connectivity index (χ1n) is 24.3. The number of unbranched alkanes of at least 4 members (excludes halogenated alkanes) is 12. The van der Waals surface area contributed by atoms with Crippen LogP contribution in [0, 0.1) is 0 Å². The lowest BCUT2D eigenvalue weighted by Crippen LogP contribution is -2.19. The smallest absolute Gasteiger partial charge is 0.228 e. The summed E-state index contributed by atoms with van der Waals surface area (Å²) in [5.74, 6) is 2.69. The van der Waals surface area contributed by atoms with Gasteiger partial charge >= 0.3 is 0 Å². The normalized spacial score (nSPS) is 13.2. The fraction of sp³-hybridized carbons (Fsp3) is 0.556. The molecule has 0 atom stereocenters. The van der Waals surface area contributed by atoms with Crippen molar-refractivity contribution in [2.24, 2.45) is 0 Å². The monoisotopic (exact) mass is 849 g/mol. The molecule has 0 fully saturated rings. The van der Waals surface area contributed by atoms with Gasteiger partial charge in [0, 0.05) is 21.9 Å². The Hall–Kier alpha value is -4.72. The van der Waals surface area contributed by atoms with Crippen LogP contribution in [0.15, 0.2) is 35.8 Å². The van der Waals surface area contributed by atoms with E-state index in [0.29, 0.717) is 96.1 Å². The van der Waals surface area contributed by atoms with E-state index in [1.165, 1.54) is 0 Å². The second-order valence-corrected chi connectivity index (χ2v) is 17.0. The Labute approximate surface area is 370 Å². The molecule has 0 heterocycles. The lowest BCUT2D eigenvalue weighted by Gasteiger charge is -2.28. The molecule has 4 aromatic rings. The summed E-state index contributed by atoms with van der Waals surface area (Å²) in [5.41, 5.74) is 2.69. The first kappa shape index (κ1) is 46.8. The third kappa shape index (κ3) is 10.7. The number of fused-ring (bicyclic) bond motifs is 6. The predicted octanol–water partition coefficient (Wildman–Crippen LogP) is 14.9. The Bertz CT molecular complexity index is 2070. The highest BCUT2D eigenvalue weighted by atomic mass is 16.5. The second-order valence-electron chi connectivity index (χ2n) is 17.0. The first-order valence-corrected chi connectivity index (χ1v) is 24.3. The standard InChI is InChI=1S/C54H72O8/c1-7-13-19-25-57-43-31-37-38(32-44(43)58-26-20-14-8-2)40-36-48(62-30-24-18-12-6)54(56)52-42-34-46(60-28-22-16-10-4)45(59-27-21-15-9-3)33-41(42)51-49(50(40)52)39(37)35-47(53(51)55)61-29-23-17-11-5/h31-36H,7-30H2,1-6H3. The van der Waals surface area contributed by atoms with Gasteiger partial charge in [0.25, 0.3) is 0 Å². The molecule has 0 aliphatic heterocycles. The van der Waals surface area contributed by atoms with Crippen LogP contribution in [0.1, 0.15) is 189 Å². The van der Waals surface area contributed by atoms with Crippen LogP contribution in [0.25, 0.3) is 44.5 Å². The van der Waals surface area contributed by atoms with Gasteiger partial charge in [-0.2, -0.15) is 0 Å². The summed E-state index contributed by atoms with van der Waals surface area (Å²) in [6.45, 7) is 16.1. The summed E-state index contributed by atoms with van der Waals surface area (Å²) in [4.78, 5) is 30.2. The molecule has 0 unspecified atom stereocenters. The predicted molar refractivity (Wildman–Crippen MR) is 255 cm³/mol. The molecule has 0 spiro atoms. The molecule has 4 aromatic carbocycles. The SMILES string of the molecule is CCCCCOC1=Cc2c3cc(OCCCCC)c(OCCCCC)cc3c3c4c(c5cc(OCCCCC)c(OCCCCC)cc5c(c24)C1=O)C(=O)C(OCCCCC)=C3. The first-order chi connectivity index (χ1) is 30.4. The molecule has 0 radical (unpaired) electrons. The molecule has 8 nitrogen and oxygen atoms in total. The number of ketones is 2. The summed E-state index contributed by atoms with van der Waals surface area (Å²) in [7, 11) is 0. The second kappa shape index (κ2) is 23.6. The van der Waals surface area contributed by atoms with Crippen molar-refractivity contribution < 1.29 is 38.0 Å². The van der Waals surface area contributed by atoms with Crippen LogP contribution in [0.4, 0.5) is 0 Å². The lowest BCUT2D eigenvalue weighted by atomic mass is 9.77. The minimum atomic E-state index is -0.200. The lowest BCUT2D eigenvalue weighted by molar-refractivity contribution is 0.0913. The molecule has 0 amide bonds. The molecule has 0 N–H and O–H groups in total. The molecule has 2 aliphatic rings. The molecule has 6 rings (SSSR count). The van der Waals surface area contributed by atoms with Crippen LogP contribution in [0.3, 0.4) is 0 Å². The highest BCUT2D eigenvalue weighted by Gasteiger charge is 2.36. The van der Waals surface area contributed by atoms with Gasteiger partial charge in [-0.3, -0.25) is 9.59 Å².